The quantitative estimate of drug-likeness (QED) is 0.277. The van der Waals surface area contributed by atoms with Gasteiger partial charge >= 0.3 is 23.9 Å². The Morgan fingerprint density at radius 2 is 1.76 bits per heavy atom. The molecule has 0 radical (unpaired) electrons. The van der Waals surface area contributed by atoms with Gasteiger partial charge in [0.25, 0.3) is 0 Å². The molecule has 3 saturated carbocycles. The Morgan fingerprint density at radius 1 is 1.07 bits per heavy atom. The third kappa shape index (κ3) is 3.93. The molecule has 1 spiro atoms. The molecular weight excluding hydrogens is 588 g/mol. The van der Waals surface area contributed by atoms with Gasteiger partial charge in [0.15, 0.2) is 11.4 Å². The minimum Gasteiger partial charge on any atom is -0.472 e. The van der Waals surface area contributed by atoms with Gasteiger partial charge < -0.3 is 33.2 Å². The third-order valence-electron chi connectivity index (χ3n) is 11.8. The number of methoxy groups -OCH3 is 1. The van der Waals surface area contributed by atoms with Gasteiger partial charge in [-0.1, -0.05) is 41.5 Å². The number of aliphatic hydroxyl groups is 1. The molecule has 3 heterocycles. The molecule has 1 aromatic rings. The molecular formula is C33H42O12. The van der Waals surface area contributed by atoms with Crippen LogP contribution in [0.5, 0.6) is 0 Å². The van der Waals surface area contributed by atoms with Crippen LogP contribution in [0.2, 0.25) is 0 Å². The summed E-state index contributed by atoms with van der Waals surface area (Å²) in [4.78, 5) is 67.3. The van der Waals surface area contributed by atoms with Crippen LogP contribution < -0.4 is 0 Å². The predicted molar refractivity (Wildman–Crippen MR) is 152 cm³/mol. The van der Waals surface area contributed by atoms with E-state index in [1.165, 1.54) is 12.5 Å². The maximum absolute atomic E-state index is 14.9. The first kappa shape index (κ1) is 31.7. The van der Waals surface area contributed by atoms with Crippen LogP contribution in [0.25, 0.3) is 0 Å². The molecule has 2 aliphatic heterocycles. The number of furan rings is 1. The van der Waals surface area contributed by atoms with Gasteiger partial charge in [0.2, 0.25) is 6.10 Å². The van der Waals surface area contributed by atoms with Gasteiger partial charge in [-0.25, -0.2) is 4.79 Å². The van der Waals surface area contributed by atoms with Crippen LogP contribution in [-0.4, -0.2) is 71.4 Å². The SMILES string of the molecule is COC(=O)C(OC(C)=O)C1C(C)(C)C(OC(=O)C(C)C)C2(O)C(=O)C1(C)C1CCC3(C)C(c4ccoc4)OC(=O)CC3C13OC23. The molecule has 11 atom stereocenters. The highest BCUT2D eigenvalue weighted by atomic mass is 16.6. The Labute approximate surface area is 261 Å². The number of epoxide rings is 1. The standard InChI is InChI=1S/C33H42O12/c1-15(2)24(36)44-27-29(4,5)22(21(25(37)40-8)42-16(3)34)31(7)18-9-11-30(6)19(33(18)28(45-33)32(27,39)26(31)38)13-20(35)43-23(30)17-10-12-41-14-17/h10,12,14-15,18-19,21-23,27-28,39H,9,11,13H2,1-8H3. The summed E-state index contributed by atoms with van der Waals surface area (Å²) in [5.74, 6) is -6.28. The zero-order valence-corrected chi connectivity index (χ0v) is 26.9. The second-order valence-electron chi connectivity index (χ2n) is 14.9. The van der Waals surface area contributed by atoms with Crippen LogP contribution in [0.1, 0.15) is 79.4 Å². The monoisotopic (exact) mass is 630 g/mol. The summed E-state index contributed by atoms with van der Waals surface area (Å²) in [6.07, 6.45) is -0.915. The number of ether oxygens (including phenoxy) is 5. The first-order valence-electron chi connectivity index (χ1n) is 15.6. The van der Waals surface area contributed by atoms with E-state index in [1.807, 2.05) is 6.92 Å². The molecule has 5 fully saturated rings. The lowest BCUT2D eigenvalue weighted by atomic mass is 9.36. The van der Waals surface area contributed by atoms with Crippen molar-refractivity contribution in [2.45, 2.75) is 103 Å². The topological polar surface area (TPSA) is 168 Å². The van der Waals surface area contributed by atoms with E-state index in [4.69, 9.17) is 28.1 Å². The molecule has 0 amide bonds. The molecule has 6 rings (SSSR count). The predicted octanol–water partition coefficient (Wildman–Crippen LogP) is 3.09. The van der Waals surface area contributed by atoms with Gasteiger partial charge in [-0.2, -0.15) is 0 Å². The van der Waals surface area contributed by atoms with E-state index in [1.54, 1.807) is 40.7 Å². The van der Waals surface area contributed by atoms with Crippen molar-refractivity contribution < 1.29 is 57.2 Å². The van der Waals surface area contributed by atoms with Crippen LogP contribution in [-0.2, 0) is 47.7 Å². The highest BCUT2D eigenvalue weighted by Gasteiger charge is 2.91. The van der Waals surface area contributed by atoms with E-state index in [0.29, 0.717) is 18.4 Å². The lowest BCUT2D eigenvalue weighted by Gasteiger charge is -2.67. The van der Waals surface area contributed by atoms with Gasteiger partial charge in [0.05, 0.1) is 32.0 Å². The van der Waals surface area contributed by atoms with E-state index in [9.17, 15) is 29.1 Å². The molecule has 11 unspecified atom stereocenters. The summed E-state index contributed by atoms with van der Waals surface area (Å²) >= 11 is 0. The number of esters is 4. The largest absolute Gasteiger partial charge is 0.472 e. The van der Waals surface area contributed by atoms with E-state index in [-0.39, 0.29) is 6.42 Å². The summed E-state index contributed by atoms with van der Waals surface area (Å²) < 4.78 is 34.6. The van der Waals surface area contributed by atoms with Gasteiger partial charge in [0.1, 0.15) is 23.9 Å². The maximum atomic E-state index is 14.9. The number of fused-ring (bicyclic) bond motifs is 5. The number of carbonyl (C=O) groups excluding carboxylic acids is 5. The Hall–Kier alpha value is -3.25. The number of cyclic esters (lactones) is 1. The molecule has 1 N–H and O–H groups in total. The molecule has 0 aromatic carbocycles. The molecule has 12 heteroatoms. The summed E-state index contributed by atoms with van der Waals surface area (Å²) in [5.41, 5.74) is -6.43. The van der Waals surface area contributed by atoms with Crippen molar-refractivity contribution in [3.05, 3.63) is 24.2 Å². The molecule has 2 saturated heterocycles. The zero-order chi connectivity index (χ0) is 33.1. The number of hydrogen-bond acceptors (Lipinski definition) is 12. The third-order valence-corrected chi connectivity index (χ3v) is 11.8. The summed E-state index contributed by atoms with van der Waals surface area (Å²) in [6, 6.07) is 1.74. The van der Waals surface area contributed by atoms with Crippen LogP contribution >= 0.6 is 0 Å². The zero-order valence-electron chi connectivity index (χ0n) is 26.9. The van der Waals surface area contributed by atoms with Crippen LogP contribution in [0, 0.1) is 39.9 Å². The molecule has 5 aliphatic rings. The fourth-order valence-corrected chi connectivity index (χ4v) is 10.1. The smallest absolute Gasteiger partial charge is 0.347 e. The Balaban J connectivity index is 1.58. The van der Waals surface area contributed by atoms with E-state index in [0.717, 1.165) is 14.0 Å². The molecule has 45 heavy (non-hydrogen) atoms. The maximum Gasteiger partial charge on any atom is 0.347 e. The molecule has 246 valence electrons. The Morgan fingerprint density at radius 3 is 2.33 bits per heavy atom. The van der Waals surface area contributed by atoms with Crippen LogP contribution in [0.3, 0.4) is 0 Å². The lowest BCUT2D eigenvalue weighted by molar-refractivity contribution is -0.263. The van der Waals surface area contributed by atoms with Crippen molar-refractivity contribution in [1.82, 2.24) is 0 Å². The van der Waals surface area contributed by atoms with Gasteiger partial charge in [0, 0.05) is 46.5 Å². The van der Waals surface area contributed by atoms with Gasteiger partial charge in [-0.15, -0.1) is 0 Å². The average Bonchev–Trinajstić information content (AvgIpc) is 3.45. The number of Topliss-reactive ketones (excluding diaryl/α,β-unsaturated/α-hetero) is 1. The minimum absolute atomic E-state index is 0.0346. The first-order valence-corrected chi connectivity index (χ1v) is 15.6. The average molecular weight is 631 g/mol. The second-order valence-corrected chi connectivity index (χ2v) is 14.9. The van der Waals surface area contributed by atoms with Gasteiger partial charge in [-0.3, -0.25) is 19.2 Å². The molecule has 2 bridgehead atoms. The Bertz CT molecular complexity index is 1450. The fraction of sp³-hybridized carbons (Fsp3) is 0.727. The normalized spacial score (nSPS) is 43.2. The van der Waals surface area contributed by atoms with Crippen molar-refractivity contribution in [1.29, 1.82) is 0 Å². The van der Waals surface area contributed by atoms with E-state index in [2.05, 4.69) is 0 Å². The van der Waals surface area contributed by atoms with Crippen molar-refractivity contribution in [2.24, 2.45) is 39.9 Å². The van der Waals surface area contributed by atoms with Crippen molar-refractivity contribution in [3.63, 3.8) is 0 Å². The highest BCUT2D eigenvalue weighted by molar-refractivity contribution is 5.99. The van der Waals surface area contributed by atoms with E-state index < -0.39 is 105 Å². The first-order chi connectivity index (χ1) is 20.9. The molecule has 12 nitrogen and oxygen atoms in total. The van der Waals surface area contributed by atoms with Crippen LogP contribution in [0.4, 0.5) is 0 Å². The summed E-state index contributed by atoms with van der Waals surface area (Å²) in [5, 5.41) is 12.8. The van der Waals surface area contributed by atoms with Crippen LogP contribution in [0.15, 0.2) is 23.0 Å². The lowest BCUT2D eigenvalue weighted by Crippen LogP contribution is -2.81. The number of carbonyl (C=O) groups is 5. The van der Waals surface area contributed by atoms with Crippen molar-refractivity contribution in [2.75, 3.05) is 7.11 Å². The van der Waals surface area contributed by atoms with Gasteiger partial charge in [-0.05, 0) is 18.9 Å². The number of hydrogen-bond donors (Lipinski definition) is 1. The molecule has 3 aliphatic carbocycles. The van der Waals surface area contributed by atoms with E-state index >= 15 is 0 Å². The minimum atomic E-state index is -2.34. The second kappa shape index (κ2) is 9.87. The van der Waals surface area contributed by atoms with Crippen molar-refractivity contribution in [3.8, 4) is 0 Å². The number of rotatable bonds is 6. The summed E-state index contributed by atoms with van der Waals surface area (Å²) in [7, 11) is 1.16. The molecule has 1 aromatic heterocycles. The highest BCUT2D eigenvalue weighted by Crippen LogP contribution is 2.78. The fourth-order valence-electron chi connectivity index (χ4n) is 10.1. The van der Waals surface area contributed by atoms with Crippen molar-refractivity contribution >= 4 is 29.7 Å². The summed E-state index contributed by atoms with van der Waals surface area (Å²) in [6.45, 7) is 11.5. The Kier molecular flexibility index (Phi) is 6.96. The number of ketones is 1.